The third kappa shape index (κ3) is 4.93. The molecule has 0 amide bonds. The average molecular weight is 689 g/mol. The minimum Gasteiger partial charge on any atom is -0.501 e. The van der Waals surface area contributed by atoms with Crippen LogP contribution in [0.15, 0.2) is 95.0 Å². The average Bonchev–Trinajstić information content (AvgIpc) is 3.56. The summed E-state index contributed by atoms with van der Waals surface area (Å²) in [6.45, 7) is 6.21. The van der Waals surface area contributed by atoms with E-state index in [-0.39, 0.29) is 20.1 Å². The molecule has 0 aliphatic heterocycles. The summed E-state index contributed by atoms with van der Waals surface area (Å²) in [5.41, 5.74) is 9.24. The molecule has 4 heterocycles. The molecule has 0 fully saturated rings. The summed E-state index contributed by atoms with van der Waals surface area (Å²) in [7, 11) is 0. The molecule has 4 aromatic heterocycles. The summed E-state index contributed by atoms with van der Waals surface area (Å²) in [4.78, 5) is 8.91. The van der Waals surface area contributed by atoms with Crippen molar-refractivity contribution < 1.29 is 24.5 Å². The molecule has 0 unspecified atom stereocenters. The summed E-state index contributed by atoms with van der Waals surface area (Å²) in [5, 5.41) is 5.71. The summed E-state index contributed by atoms with van der Waals surface area (Å²) in [6.07, 6.45) is 3.79. The second-order valence-electron chi connectivity index (χ2n) is 9.13. The van der Waals surface area contributed by atoms with Crippen LogP contribution in [0.4, 0.5) is 0 Å². The molecular formula is C33H24IrN2OS-2. The van der Waals surface area contributed by atoms with Gasteiger partial charge in [-0.25, -0.2) is 0 Å². The molecule has 189 valence electrons. The maximum atomic E-state index is 6.22. The van der Waals surface area contributed by atoms with Crippen LogP contribution in [0.3, 0.4) is 0 Å². The number of thiophene rings is 1. The molecule has 0 aliphatic rings. The van der Waals surface area contributed by atoms with Gasteiger partial charge < -0.3 is 14.4 Å². The van der Waals surface area contributed by atoms with Crippen LogP contribution in [-0.4, -0.2) is 9.97 Å². The van der Waals surface area contributed by atoms with E-state index in [2.05, 4.69) is 77.7 Å². The van der Waals surface area contributed by atoms with Gasteiger partial charge in [-0.2, -0.15) is 0 Å². The van der Waals surface area contributed by atoms with Gasteiger partial charge in [-0.3, -0.25) is 0 Å². The molecule has 7 aromatic rings. The van der Waals surface area contributed by atoms with E-state index in [1.165, 1.54) is 32.2 Å². The van der Waals surface area contributed by atoms with Crippen molar-refractivity contribution in [1.82, 2.24) is 9.97 Å². The first-order chi connectivity index (χ1) is 18.1. The van der Waals surface area contributed by atoms with Crippen LogP contribution in [-0.2, 0) is 20.1 Å². The molecule has 0 saturated carbocycles. The largest absolute Gasteiger partial charge is 0.501 e. The van der Waals surface area contributed by atoms with E-state index in [4.69, 9.17) is 4.42 Å². The van der Waals surface area contributed by atoms with Crippen LogP contribution in [0.5, 0.6) is 0 Å². The minimum atomic E-state index is 0. The van der Waals surface area contributed by atoms with E-state index < -0.39 is 0 Å². The first-order valence-electron chi connectivity index (χ1n) is 12.1. The Kier molecular flexibility index (Phi) is 7.53. The predicted molar refractivity (Wildman–Crippen MR) is 154 cm³/mol. The van der Waals surface area contributed by atoms with Crippen LogP contribution in [0.2, 0.25) is 0 Å². The number of furan rings is 1. The Labute approximate surface area is 239 Å². The second-order valence-corrected chi connectivity index (χ2v) is 10.0. The van der Waals surface area contributed by atoms with Gasteiger partial charge in [-0.05, 0) is 72.3 Å². The van der Waals surface area contributed by atoms with Crippen molar-refractivity contribution in [2.45, 2.75) is 20.8 Å². The van der Waals surface area contributed by atoms with Crippen molar-refractivity contribution >= 4 is 43.4 Å². The smallest absolute Gasteiger partial charge is 0.122 e. The number of benzene rings is 3. The van der Waals surface area contributed by atoms with Gasteiger partial charge in [0.15, 0.2) is 0 Å². The minimum absolute atomic E-state index is 0. The predicted octanol–water partition coefficient (Wildman–Crippen LogP) is 9.13. The van der Waals surface area contributed by atoms with Crippen LogP contribution in [0, 0.1) is 32.9 Å². The number of nitrogens with zero attached hydrogens (tertiary/aromatic N) is 2. The van der Waals surface area contributed by atoms with E-state index in [1.807, 2.05) is 55.7 Å². The summed E-state index contributed by atoms with van der Waals surface area (Å²) in [5.74, 6) is 0. The summed E-state index contributed by atoms with van der Waals surface area (Å²) in [6, 6.07) is 30.9. The topological polar surface area (TPSA) is 38.9 Å². The first kappa shape index (κ1) is 26.0. The monoisotopic (exact) mass is 689 g/mol. The molecule has 38 heavy (non-hydrogen) atoms. The Balaban J connectivity index is 0.000000179. The number of hydrogen-bond acceptors (Lipinski definition) is 4. The number of aromatic nitrogens is 2. The Hall–Kier alpha value is -3.63. The quantitative estimate of drug-likeness (QED) is 0.170. The Morgan fingerprint density at radius 1 is 0.789 bits per heavy atom. The zero-order chi connectivity index (χ0) is 25.4. The number of rotatable bonds is 2. The van der Waals surface area contributed by atoms with Crippen LogP contribution in [0.25, 0.3) is 54.5 Å². The molecule has 0 saturated heterocycles. The van der Waals surface area contributed by atoms with Crippen molar-refractivity contribution in [3.05, 3.63) is 119 Å². The molecule has 0 N–H and O–H groups in total. The molecule has 0 spiro atoms. The van der Waals surface area contributed by atoms with Gasteiger partial charge in [0.25, 0.3) is 0 Å². The summed E-state index contributed by atoms with van der Waals surface area (Å²) >= 11 is 1.76. The van der Waals surface area contributed by atoms with Crippen molar-refractivity contribution in [1.29, 1.82) is 0 Å². The zero-order valence-electron chi connectivity index (χ0n) is 21.2. The maximum absolute atomic E-state index is 6.22. The number of hydrogen-bond donors (Lipinski definition) is 0. The van der Waals surface area contributed by atoms with Gasteiger partial charge in [0.1, 0.15) is 5.58 Å². The second kappa shape index (κ2) is 11.0. The van der Waals surface area contributed by atoms with E-state index in [0.29, 0.717) is 0 Å². The van der Waals surface area contributed by atoms with Crippen molar-refractivity contribution in [2.75, 3.05) is 0 Å². The Bertz CT molecular complexity index is 1850. The standard InChI is InChI=1S/C21H14NOS.C12H10N.Ir/c1-12-10-17(22-11-13(12)2)15-4-3-5-16-19-18(23-20(15)16)7-6-14-8-9-24-21(14)19;1-10-7-8-12(13-9-10)11-5-3-2-4-6-11;/h3,5-11H,1-2H3;2-5,7-9H,1H3;/q2*-1;. The van der Waals surface area contributed by atoms with Crippen molar-refractivity contribution in [3.63, 3.8) is 0 Å². The zero-order valence-corrected chi connectivity index (χ0v) is 24.4. The van der Waals surface area contributed by atoms with Gasteiger partial charge in [-0.1, -0.05) is 34.7 Å². The van der Waals surface area contributed by atoms with Gasteiger partial charge in [0.05, 0.1) is 5.58 Å². The molecule has 0 aliphatic carbocycles. The van der Waals surface area contributed by atoms with E-state index in [1.54, 1.807) is 11.3 Å². The third-order valence-electron chi connectivity index (χ3n) is 6.54. The Morgan fingerprint density at radius 3 is 2.42 bits per heavy atom. The van der Waals surface area contributed by atoms with E-state index in [9.17, 15) is 0 Å². The van der Waals surface area contributed by atoms with Crippen molar-refractivity contribution in [2.24, 2.45) is 0 Å². The van der Waals surface area contributed by atoms with Crippen LogP contribution >= 0.6 is 11.3 Å². The molecule has 7 rings (SSSR count). The number of pyridine rings is 2. The third-order valence-corrected chi connectivity index (χ3v) is 7.49. The molecular weight excluding hydrogens is 665 g/mol. The van der Waals surface area contributed by atoms with Gasteiger partial charge in [0.2, 0.25) is 0 Å². The number of fused-ring (bicyclic) bond motifs is 5. The van der Waals surface area contributed by atoms with Gasteiger partial charge in [0, 0.05) is 42.6 Å². The van der Waals surface area contributed by atoms with Crippen molar-refractivity contribution in [3.8, 4) is 22.5 Å². The normalized spacial score (nSPS) is 10.8. The Morgan fingerprint density at radius 2 is 1.66 bits per heavy atom. The fraction of sp³-hybridized carbons (Fsp3) is 0.0909. The molecule has 5 heteroatoms. The first-order valence-corrected chi connectivity index (χ1v) is 13.0. The van der Waals surface area contributed by atoms with E-state index in [0.717, 1.165) is 39.1 Å². The van der Waals surface area contributed by atoms with Gasteiger partial charge in [-0.15, -0.1) is 65.4 Å². The summed E-state index contributed by atoms with van der Waals surface area (Å²) < 4.78 is 7.50. The maximum Gasteiger partial charge on any atom is 0.122 e. The van der Waals surface area contributed by atoms with Gasteiger partial charge >= 0.3 is 0 Å². The van der Waals surface area contributed by atoms with Crippen LogP contribution in [0.1, 0.15) is 16.7 Å². The van der Waals surface area contributed by atoms with Crippen LogP contribution < -0.4 is 0 Å². The molecule has 3 aromatic carbocycles. The fourth-order valence-corrected chi connectivity index (χ4v) is 5.33. The fourth-order valence-electron chi connectivity index (χ4n) is 4.38. The molecule has 0 atom stereocenters. The SMILES string of the molecule is Cc1ccc(-c2[c-]cccc2)nc1.Cc1cnc(-c2[c-]ccc3c2oc2ccc4ccsc4c23)cc1C.[Ir]. The molecule has 3 nitrogen and oxygen atoms in total. The number of aryl methyl sites for hydroxylation is 3. The molecule has 1 radical (unpaired) electrons. The molecule has 0 bridgehead atoms. The van der Waals surface area contributed by atoms with E-state index >= 15 is 0 Å².